The molecular weight excluding hydrogens is 300 g/mol. The van der Waals surface area contributed by atoms with E-state index in [0.29, 0.717) is 25.5 Å². The van der Waals surface area contributed by atoms with Crippen LogP contribution < -0.4 is 10.1 Å². The number of hydrogen-bond acceptors (Lipinski definition) is 5. The summed E-state index contributed by atoms with van der Waals surface area (Å²) in [5, 5.41) is 4.97. The lowest BCUT2D eigenvalue weighted by atomic mass is 10.1. The molecule has 1 aliphatic rings. The molecule has 1 saturated heterocycles. The third kappa shape index (κ3) is 3.94. The van der Waals surface area contributed by atoms with Gasteiger partial charge in [0.2, 0.25) is 5.88 Å². The average Bonchev–Trinajstić information content (AvgIpc) is 3.08. The Kier molecular flexibility index (Phi) is 4.85. The lowest BCUT2D eigenvalue weighted by Gasteiger charge is -2.31. The van der Waals surface area contributed by atoms with Gasteiger partial charge in [0.25, 0.3) is 0 Å². The van der Waals surface area contributed by atoms with Gasteiger partial charge in [-0.3, -0.25) is 0 Å². The third-order valence-corrected chi connectivity index (χ3v) is 4.44. The summed E-state index contributed by atoms with van der Waals surface area (Å²) >= 11 is 1.65. The van der Waals surface area contributed by atoms with Crippen molar-refractivity contribution in [2.24, 2.45) is 0 Å². The first-order chi connectivity index (χ1) is 10.8. The van der Waals surface area contributed by atoms with Gasteiger partial charge in [0, 0.05) is 43.1 Å². The third-order valence-electron chi connectivity index (χ3n) is 3.57. The van der Waals surface area contributed by atoms with Gasteiger partial charge in [0.1, 0.15) is 12.4 Å². The Hall–Kier alpha value is -2.15. The fourth-order valence-corrected chi connectivity index (χ4v) is 3.03. The van der Waals surface area contributed by atoms with Crippen LogP contribution >= 0.6 is 11.3 Å². The molecule has 1 aliphatic heterocycles. The van der Waals surface area contributed by atoms with Crippen LogP contribution in [0.25, 0.3) is 0 Å². The van der Waals surface area contributed by atoms with Gasteiger partial charge in [0.05, 0.1) is 6.54 Å². The molecule has 2 aromatic heterocycles. The smallest absolute Gasteiger partial charge is 0.317 e. The van der Waals surface area contributed by atoms with Crippen LogP contribution in [0.3, 0.4) is 0 Å². The molecule has 1 N–H and O–H groups in total. The summed E-state index contributed by atoms with van der Waals surface area (Å²) in [5.41, 5.74) is 0. The highest BCUT2D eigenvalue weighted by molar-refractivity contribution is 7.09. The SMILES string of the molecule is O=C(NCc1cccs1)N1CCC(Oc2ccncn2)CC1. The van der Waals surface area contributed by atoms with Crippen LogP contribution in [0.1, 0.15) is 17.7 Å². The predicted molar refractivity (Wildman–Crippen MR) is 83.8 cm³/mol. The summed E-state index contributed by atoms with van der Waals surface area (Å²) in [6, 6.07) is 5.75. The van der Waals surface area contributed by atoms with E-state index in [4.69, 9.17) is 4.74 Å². The molecule has 3 heterocycles. The van der Waals surface area contributed by atoms with E-state index in [1.807, 2.05) is 22.4 Å². The van der Waals surface area contributed by atoms with Gasteiger partial charge in [-0.2, -0.15) is 0 Å². The number of ether oxygens (including phenoxy) is 1. The lowest BCUT2D eigenvalue weighted by Crippen LogP contribution is -2.46. The molecule has 3 rings (SSSR count). The fourth-order valence-electron chi connectivity index (χ4n) is 2.38. The zero-order valence-corrected chi connectivity index (χ0v) is 13.0. The first kappa shape index (κ1) is 14.8. The minimum Gasteiger partial charge on any atom is -0.474 e. The van der Waals surface area contributed by atoms with Crippen LogP contribution in [0, 0.1) is 0 Å². The number of hydrogen-bond donors (Lipinski definition) is 1. The maximum atomic E-state index is 12.1. The monoisotopic (exact) mass is 318 g/mol. The predicted octanol–water partition coefficient (Wildman–Crippen LogP) is 2.29. The van der Waals surface area contributed by atoms with Crippen LogP contribution in [-0.2, 0) is 6.54 Å². The number of carbonyl (C=O) groups is 1. The summed E-state index contributed by atoms with van der Waals surface area (Å²) in [4.78, 5) is 23.0. The summed E-state index contributed by atoms with van der Waals surface area (Å²) in [5.74, 6) is 0.593. The molecule has 22 heavy (non-hydrogen) atoms. The second-order valence-electron chi connectivity index (χ2n) is 5.09. The van der Waals surface area contributed by atoms with Crippen molar-refractivity contribution in [3.8, 4) is 5.88 Å². The van der Waals surface area contributed by atoms with E-state index in [9.17, 15) is 4.79 Å². The molecule has 0 atom stereocenters. The molecule has 0 saturated carbocycles. The maximum absolute atomic E-state index is 12.1. The molecule has 0 bridgehead atoms. The Morgan fingerprint density at radius 2 is 2.27 bits per heavy atom. The Morgan fingerprint density at radius 1 is 1.41 bits per heavy atom. The van der Waals surface area contributed by atoms with Crippen LogP contribution in [0.4, 0.5) is 4.79 Å². The zero-order chi connectivity index (χ0) is 15.2. The van der Waals surface area contributed by atoms with E-state index >= 15 is 0 Å². The first-order valence-electron chi connectivity index (χ1n) is 7.29. The first-order valence-corrected chi connectivity index (χ1v) is 8.17. The molecule has 1 fully saturated rings. The normalized spacial score (nSPS) is 15.5. The zero-order valence-electron chi connectivity index (χ0n) is 12.1. The molecule has 0 aromatic carbocycles. The van der Waals surface area contributed by atoms with Crippen molar-refractivity contribution in [1.82, 2.24) is 20.2 Å². The minimum atomic E-state index is -0.00566. The number of carbonyl (C=O) groups excluding carboxylic acids is 1. The van der Waals surface area contributed by atoms with Gasteiger partial charge in [-0.1, -0.05) is 6.07 Å². The Bertz CT molecular complexity index is 583. The van der Waals surface area contributed by atoms with Crippen LogP contribution in [0.2, 0.25) is 0 Å². The highest BCUT2D eigenvalue weighted by Gasteiger charge is 2.24. The summed E-state index contributed by atoms with van der Waals surface area (Å²) in [6.07, 6.45) is 4.88. The standard InChI is InChI=1S/C15H18N4O2S/c20-15(17-10-13-2-1-9-22-13)19-7-4-12(5-8-19)21-14-3-6-16-11-18-14/h1-3,6,9,11-12H,4-5,7-8,10H2,(H,17,20). The van der Waals surface area contributed by atoms with Crippen molar-refractivity contribution < 1.29 is 9.53 Å². The topological polar surface area (TPSA) is 67.4 Å². The van der Waals surface area contributed by atoms with Gasteiger partial charge in [-0.05, 0) is 11.4 Å². The molecule has 2 aromatic rings. The summed E-state index contributed by atoms with van der Waals surface area (Å²) in [7, 11) is 0. The maximum Gasteiger partial charge on any atom is 0.317 e. The number of urea groups is 1. The summed E-state index contributed by atoms with van der Waals surface area (Å²) in [6.45, 7) is 1.99. The molecule has 0 aliphatic carbocycles. The number of likely N-dealkylation sites (tertiary alicyclic amines) is 1. The molecule has 0 unspecified atom stereocenters. The molecule has 116 valence electrons. The van der Waals surface area contributed by atoms with E-state index in [1.165, 1.54) is 6.33 Å². The average molecular weight is 318 g/mol. The van der Waals surface area contributed by atoms with E-state index in [2.05, 4.69) is 15.3 Å². The Balaban J connectivity index is 1.42. The van der Waals surface area contributed by atoms with Crippen molar-refractivity contribution >= 4 is 17.4 Å². The minimum absolute atomic E-state index is 0.00566. The van der Waals surface area contributed by atoms with Crippen molar-refractivity contribution in [2.75, 3.05) is 13.1 Å². The van der Waals surface area contributed by atoms with Gasteiger partial charge in [0.15, 0.2) is 0 Å². The quantitative estimate of drug-likeness (QED) is 0.939. The molecule has 6 nitrogen and oxygen atoms in total. The molecular formula is C15H18N4O2S. The van der Waals surface area contributed by atoms with E-state index in [0.717, 1.165) is 17.7 Å². The Labute approximate surface area is 133 Å². The molecule has 2 amide bonds. The number of piperidine rings is 1. The fraction of sp³-hybridized carbons (Fsp3) is 0.400. The van der Waals surface area contributed by atoms with Crippen molar-refractivity contribution in [3.63, 3.8) is 0 Å². The van der Waals surface area contributed by atoms with E-state index in [-0.39, 0.29) is 12.1 Å². The largest absolute Gasteiger partial charge is 0.474 e. The number of rotatable bonds is 4. The van der Waals surface area contributed by atoms with E-state index < -0.39 is 0 Å². The number of thiophene rings is 1. The number of nitrogens with one attached hydrogen (secondary N) is 1. The van der Waals surface area contributed by atoms with Gasteiger partial charge >= 0.3 is 6.03 Å². The van der Waals surface area contributed by atoms with Gasteiger partial charge in [-0.25, -0.2) is 14.8 Å². The number of aromatic nitrogens is 2. The van der Waals surface area contributed by atoms with Gasteiger partial charge in [-0.15, -0.1) is 11.3 Å². The highest BCUT2D eigenvalue weighted by atomic mass is 32.1. The molecule has 0 radical (unpaired) electrons. The van der Waals surface area contributed by atoms with E-state index in [1.54, 1.807) is 23.6 Å². The van der Waals surface area contributed by atoms with Crippen molar-refractivity contribution in [1.29, 1.82) is 0 Å². The van der Waals surface area contributed by atoms with Crippen LogP contribution in [0.5, 0.6) is 5.88 Å². The number of nitrogens with zero attached hydrogens (tertiary/aromatic N) is 3. The Morgan fingerprint density at radius 3 is 2.95 bits per heavy atom. The molecule has 0 spiro atoms. The lowest BCUT2D eigenvalue weighted by molar-refractivity contribution is 0.107. The van der Waals surface area contributed by atoms with Crippen molar-refractivity contribution in [2.45, 2.75) is 25.5 Å². The van der Waals surface area contributed by atoms with Crippen LogP contribution in [0.15, 0.2) is 36.1 Å². The van der Waals surface area contributed by atoms with Crippen molar-refractivity contribution in [3.05, 3.63) is 41.0 Å². The molecule has 7 heteroatoms. The summed E-state index contributed by atoms with van der Waals surface area (Å²) < 4.78 is 5.79. The van der Waals surface area contributed by atoms with Crippen LogP contribution in [-0.4, -0.2) is 40.1 Å². The number of amides is 2. The second-order valence-corrected chi connectivity index (χ2v) is 6.12. The van der Waals surface area contributed by atoms with Gasteiger partial charge < -0.3 is 15.0 Å². The second kappa shape index (κ2) is 7.22. The highest BCUT2D eigenvalue weighted by Crippen LogP contribution is 2.16.